The van der Waals surface area contributed by atoms with Crippen LogP contribution in [-0.4, -0.2) is 144 Å². The highest BCUT2D eigenvalue weighted by molar-refractivity contribution is 8.77. The van der Waals surface area contributed by atoms with E-state index in [1.807, 2.05) is 79.6 Å². The highest BCUT2D eigenvalue weighted by Gasteiger charge is 2.41. The molecule has 22 heteroatoms. The first kappa shape index (κ1) is 66.4. The second kappa shape index (κ2) is 29.8. The molecule has 1 unspecified atom stereocenters. The Balaban J connectivity index is 0.912. The molecule has 0 spiro atoms. The number of rotatable bonds is 29. The van der Waals surface area contributed by atoms with Crippen molar-refractivity contribution in [3.05, 3.63) is 124 Å². The maximum absolute atomic E-state index is 14.4. The first-order valence-corrected chi connectivity index (χ1v) is 35.1. The second-order valence-electron chi connectivity index (χ2n) is 24.9. The van der Waals surface area contributed by atoms with Crippen molar-refractivity contribution in [1.29, 1.82) is 0 Å². The monoisotopic (exact) mass is 1290 g/mol. The number of carbonyl (C=O) groups is 3. The van der Waals surface area contributed by atoms with Crippen LogP contribution >= 0.6 is 21.6 Å². The van der Waals surface area contributed by atoms with E-state index in [2.05, 4.69) is 47.6 Å². The number of amides is 3. The summed E-state index contributed by atoms with van der Waals surface area (Å²) in [5.41, 5.74) is 7.75. The fourth-order valence-electron chi connectivity index (χ4n) is 12.9. The summed E-state index contributed by atoms with van der Waals surface area (Å²) in [4.78, 5) is 53.3. The largest absolute Gasteiger partial charge is 0.493 e. The van der Waals surface area contributed by atoms with Crippen LogP contribution in [0.25, 0.3) is 0 Å². The van der Waals surface area contributed by atoms with Gasteiger partial charge < -0.3 is 53.6 Å². The maximum atomic E-state index is 14.4. The molecule has 5 aliphatic rings. The number of hydrogen-bond acceptors (Lipinski definition) is 17. The van der Waals surface area contributed by atoms with E-state index in [0.29, 0.717) is 105 Å². The Hall–Kier alpha value is -6.53. The van der Waals surface area contributed by atoms with Crippen molar-refractivity contribution in [2.45, 2.75) is 133 Å². The van der Waals surface area contributed by atoms with Crippen LogP contribution in [0.15, 0.2) is 96.0 Å². The van der Waals surface area contributed by atoms with Crippen molar-refractivity contribution in [2.75, 3.05) is 99.8 Å². The molecule has 1 saturated carbocycles. The van der Waals surface area contributed by atoms with Gasteiger partial charge in [-0.3, -0.25) is 28.8 Å². The van der Waals surface area contributed by atoms with Gasteiger partial charge in [-0.15, -0.1) is 0 Å². The van der Waals surface area contributed by atoms with Crippen molar-refractivity contribution < 1.29 is 60.5 Å². The van der Waals surface area contributed by atoms with E-state index in [1.165, 1.54) is 17.2 Å². The Morgan fingerprint density at radius 2 is 1.34 bits per heavy atom. The summed E-state index contributed by atoms with van der Waals surface area (Å²) in [6, 6.07) is 28.8. The molecule has 3 atom stereocenters. The summed E-state index contributed by atoms with van der Waals surface area (Å²) >= 11 is 0. The van der Waals surface area contributed by atoms with Crippen LogP contribution < -0.4 is 44.3 Å². The minimum atomic E-state index is -4.72. The van der Waals surface area contributed by atoms with E-state index in [9.17, 15) is 27.4 Å². The van der Waals surface area contributed by atoms with Crippen LogP contribution in [-0.2, 0) is 55.2 Å². The summed E-state index contributed by atoms with van der Waals surface area (Å²) in [7, 11) is 3.03. The molecule has 4 aliphatic heterocycles. The number of anilines is 4. The molecule has 1 fully saturated rings. The van der Waals surface area contributed by atoms with Crippen molar-refractivity contribution in [1.82, 2.24) is 5.32 Å². The number of nitrogens with one attached hydrogen (secondary N) is 2. The van der Waals surface area contributed by atoms with Gasteiger partial charge in [0.05, 0.1) is 81.8 Å². The van der Waals surface area contributed by atoms with E-state index < -0.39 is 31.6 Å². The summed E-state index contributed by atoms with van der Waals surface area (Å²) in [6.45, 7) is 11.8. The Bertz CT molecular complexity index is 3500. The molecule has 0 aromatic heterocycles. The number of aliphatic imine (C=N–C) groups is 1. The predicted molar refractivity (Wildman–Crippen MR) is 357 cm³/mol. The van der Waals surface area contributed by atoms with E-state index in [-0.39, 0.29) is 55.2 Å². The summed E-state index contributed by atoms with van der Waals surface area (Å²) in [6.07, 6.45) is 10.7. The lowest BCUT2D eigenvalue weighted by Gasteiger charge is -2.37. The van der Waals surface area contributed by atoms with Crippen LogP contribution in [0.5, 0.6) is 23.0 Å². The molecule has 4 heterocycles. The van der Waals surface area contributed by atoms with E-state index in [0.717, 1.165) is 84.3 Å². The average Bonchev–Trinajstić information content (AvgIpc) is 1.62. The maximum Gasteiger partial charge on any atom is 0.276 e. The molecule has 5 aromatic carbocycles. The van der Waals surface area contributed by atoms with Gasteiger partial charge in [-0.1, -0.05) is 90.1 Å². The molecule has 0 radical (unpaired) electrons. The van der Waals surface area contributed by atoms with Gasteiger partial charge in [-0.25, -0.2) is 0 Å². The highest BCUT2D eigenvalue weighted by atomic mass is 33.1. The fourth-order valence-corrected chi connectivity index (χ4v) is 16.4. The molecule has 19 nitrogen and oxygen atoms in total. The van der Waals surface area contributed by atoms with Crippen LogP contribution in [0.2, 0.25) is 0 Å². The molecule has 0 saturated heterocycles. The average molecular weight is 1290 g/mol. The third kappa shape index (κ3) is 16.0. The number of hydrogen-bond donors (Lipinski definition) is 3. The first-order valence-electron chi connectivity index (χ1n) is 31.3. The van der Waals surface area contributed by atoms with E-state index in [4.69, 9.17) is 38.2 Å². The molecule has 0 bridgehead atoms. The molecule has 5 aromatic rings. The van der Waals surface area contributed by atoms with Gasteiger partial charge in [0.25, 0.3) is 21.9 Å². The zero-order valence-electron chi connectivity index (χ0n) is 52.8. The SMILES string of the molecule is COCCOCCOCCN(CC(C)(C)SSCCC(C(=O)NC(C)(C)C1CCCCCCC1)S(=O)(=O)O)c1cc(COc2cc3c(cc2OC)C(=O)N2c4ccccc4C[C@H]2C=N3)cc(COc2cc3c(cc2OC)C(=O)N2c4ccccc4C[C@H]2CN3)c1. The van der Waals surface area contributed by atoms with Crippen molar-refractivity contribution in [2.24, 2.45) is 10.9 Å². The smallest absolute Gasteiger partial charge is 0.276 e. The van der Waals surface area contributed by atoms with E-state index in [1.54, 1.807) is 55.2 Å². The van der Waals surface area contributed by atoms with Crippen molar-refractivity contribution in [3.8, 4) is 23.0 Å². The third-order valence-electron chi connectivity index (χ3n) is 17.5. The van der Waals surface area contributed by atoms with Gasteiger partial charge in [0.2, 0.25) is 5.91 Å². The molecule has 3 amide bonds. The lowest BCUT2D eigenvalue weighted by molar-refractivity contribution is -0.123. The van der Waals surface area contributed by atoms with Crippen LogP contribution in [0.4, 0.5) is 28.4 Å². The standard InChI is InChI=1S/C68H86N6O13S3/c1-67(2,89-88-30-23-63(90(78,79)80)64(75)71-68(3,4)49-19-11-9-8-10-12-20-49)44-72(24-25-84-28-29-85-27-26-81-5)50-32-45(42-86-61-38-55-53(36-59(61)82-6)65(76)73-51(40-69-55)34-47-17-13-15-21-57(47)73)31-46(33-50)43-87-62-39-56-54(37-60(62)83-7)66(77)74-52(41-70-56)35-48-18-14-16-22-58(48)74/h13-18,21-22,31-33,36-40,49,51-52,63,70H,8-12,19-20,23-30,34-35,41-44H2,1-7H3,(H,71,75)(H,78,79,80)/t51-,52-,63?/m0/s1. The third-order valence-corrected chi connectivity index (χ3v) is 22.0. The zero-order valence-corrected chi connectivity index (χ0v) is 55.2. The Labute approximate surface area is 537 Å². The number of methoxy groups -OCH3 is 3. The van der Waals surface area contributed by atoms with Gasteiger partial charge >= 0.3 is 0 Å². The van der Waals surface area contributed by atoms with Crippen molar-refractivity contribution in [3.63, 3.8) is 0 Å². The number of carbonyl (C=O) groups excluding carboxylic acids is 3. The molecule has 3 N–H and O–H groups in total. The van der Waals surface area contributed by atoms with Gasteiger partial charge in [0.1, 0.15) is 13.2 Å². The zero-order chi connectivity index (χ0) is 63.6. The number of benzene rings is 5. The first-order chi connectivity index (χ1) is 43.3. The Morgan fingerprint density at radius 3 is 2.01 bits per heavy atom. The highest BCUT2D eigenvalue weighted by Crippen LogP contribution is 2.44. The second-order valence-corrected chi connectivity index (χ2v) is 29.6. The number of ether oxygens (including phenoxy) is 7. The molecule has 484 valence electrons. The molecule has 1 aliphatic carbocycles. The Morgan fingerprint density at radius 1 is 0.744 bits per heavy atom. The van der Waals surface area contributed by atoms with Gasteiger partial charge in [0.15, 0.2) is 28.2 Å². The number of fused-ring (bicyclic) bond motifs is 8. The minimum Gasteiger partial charge on any atom is -0.493 e. The number of nitrogens with zero attached hydrogens (tertiary/aromatic N) is 4. The predicted octanol–water partition coefficient (Wildman–Crippen LogP) is 11.7. The normalized spacial score (nSPS) is 17.7. The van der Waals surface area contributed by atoms with Crippen LogP contribution in [0, 0.1) is 5.92 Å². The molecular weight excluding hydrogens is 1200 g/mol. The lowest BCUT2D eigenvalue weighted by Crippen LogP contribution is -2.53. The van der Waals surface area contributed by atoms with Gasteiger partial charge in [-0.05, 0) is 124 Å². The molecule has 90 heavy (non-hydrogen) atoms. The lowest BCUT2D eigenvalue weighted by atomic mass is 9.78. The molecular formula is C68H86N6O13S3. The summed E-state index contributed by atoms with van der Waals surface area (Å²) < 4.78 is 78.1. The Kier molecular flexibility index (Phi) is 22.0. The van der Waals surface area contributed by atoms with Crippen molar-refractivity contribution >= 4 is 84.1 Å². The van der Waals surface area contributed by atoms with E-state index >= 15 is 0 Å². The number of para-hydroxylation sites is 2. The van der Waals surface area contributed by atoms with Gasteiger partial charge in [0, 0.05) is 84.6 Å². The quantitative estimate of drug-likeness (QED) is 0.0230. The summed E-state index contributed by atoms with van der Waals surface area (Å²) in [5.74, 6) is 1.11. The van der Waals surface area contributed by atoms with Gasteiger partial charge in [-0.2, -0.15) is 8.42 Å². The summed E-state index contributed by atoms with van der Waals surface area (Å²) in [5, 5.41) is 4.96. The topological polar surface area (TPSA) is 216 Å². The molecule has 10 rings (SSSR count). The minimum absolute atomic E-state index is 0.0594. The van der Waals surface area contributed by atoms with Crippen LogP contribution in [0.3, 0.4) is 0 Å². The fraction of sp³-hybridized carbons (Fsp3) is 0.500. The van der Waals surface area contributed by atoms with Crippen LogP contribution in [0.1, 0.15) is 122 Å².